The number of hydrogen-bond donors (Lipinski definition) is 2. The Labute approximate surface area is 113 Å². The van der Waals surface area contributed by atoms with Crippen LogP contribution in [-0.2, 0) is 9.53 Å². The maximum absolute atomic E-state index is 12.2. The van der Waals surface area contributed by atoms with Crippen molar-refractivity contribution in [1.82, 2.24) is 10.2 Å². The fraction of sp³-hybridized carbons (Fsp3) is 0.846. The van der Waals surface area contributed by atoms with Gasteiger partial charge in [0.1, 0.15) is 11.0 Å². The van der Waals surface area contributed by atoms with E-state index in [0.717, 1.165) is 6.54 Å². The van der Waals surface area contributed by atoms with Gasteiger partial charge in [-0.3, -0.25) is 4.79 Å². The highest BCUT2D eigenvalue weighted by Crippen LogP contribution is 2.41. The van der Waals surface area contributed by atoms with Gasteiger partial charge in [0.25, 0.3) is 0 Å². The van der Waals surface area contributed by atoms with Crippen molar-refractivity contribution in [2.45, 2.75) is 45.3 Å². The Morgan fingerprint density at radius 2 is 2.11 bits per heavy atom. The van der Waals surface area contributed by atoms with Gasteiger partial charge in [-0.25, -0.2) is 4.79 Å². The number of likely N-dealkylation sites (tertiary alicyclic amines) is 1. The molecule has 6 nitrogen and oxygen atoms in total. The van der Waals surface area contributed by atoms with Crippen LogP contribution in [0.4, 0.5) is 4.79 Å². The average Bonchev–Trinajstić information content (AvgIpc) is 2.67. The number of piperidine rings is 1. The number of carboxylic acid groups (broad SMARTS) is 1. The molecule has 0 aromatic carbocycles. The number of carbonyl (C=O) groups excluding carboxylic acids is 1. The quantitative estimate of drug-likeness (QED) is 0.745. The Morgan fingerprint density at radius 1 is 1.42 bits per heavy atom. The Kier molecular flexibility index (Phi) is 3.47. The second-order valence-electron chi connectivity index (χ2n) is 6.37. The second-order valence-corrected chi connectivity index (χ2v) is 6.37. The molecule has 0 aliphatic carbocycles. The van der Waals surface area contributed by atoms with Gasteiger partial charge in [0.05, 0.1) is 6.04 Å². The van der Waals surface area contributed by atoms with Gasteiger partial charge < -0.3 is 20.1 Å². The van der Waals surface area contributed by atoms with Gasteiger partial charge in [0.2, 0.25) is 0 Å². The SMILES string of the molecule is CC(C)(C)OC(=O)N1CC[C@]2(C(=O)O)CNCC[C@@H]12. The summed E-state index contributed by atoms with van der Waals surface area (Å²) in [5, 5.41) is 12.6. The van der Waals surface area contributed by atoms with E-state index in [-0.39, 0.29) is 6.04 Å². The predicted octanol–water partition coefficient (Wildman–Crippen LogP) is 1.06. The molecule has 2 aliphatic rings. The van der Waals surface area contributed by atoms with E-state index >= 15 is 0 Å². The Hall–Kier alpha value is -1.30. The fourth-order valence-corrected chi connectivity index (χ4v) is 2.99. The van der Waals surface area contributed by atoms with Crippen molar-refractivity contribution in [2.24, 2.45) is 5.41 Å². The minimum absolute atomic E-state index is 0.263. The third kappa shape index (κ3) is 2.54. The largest absolute Gasteiger partial charge is 0.481 e. The van der Waals surface area contributed by atoms with Crippen LogP contribution >= 0.6 is 0 Å². The number of nitrogens with one attached hydrogen (secondary N) is 1. The minimum atomic E-state index is -0.852. The third-order valence-electron chi connectivity index (χ3n) is 3.90. The molecular weight excluding hydrogens is 248 g/mol. The van der Waals surface area contributed by atoms with Crippen molar-refractivity contribution in [1.29, 1.82) is 0 Å². The number of carbonyl (C=O) groups is 2. The first-order valence-electron chi connectivity index (χ1n) is 6.70. The van der Waals surface area contributed by atoms with E-state index in [9.17, 15) is 14.7 Å². The van der Waals surface area contributed by atoms with Crippen LogP contribution in [0.2, 0.25) is 0 Å². The zero-order chi connectivity index (χ0) is 14.3. The van der Waals surface area contributed by atoms with Crippen molar-refractivity contribution in [2.75, 3.05) is 19.6 Å². The van der Waals surface area contributed by atoms with E-state index in [1.165, 1.54) is 0 Å². The number of hydrogen-bond acceptors (Lipinski definition) is 4. The molecule has 2 rings (SSSR count). The van der Waals surface area contributed by atoms with Crippen molar-refractivity contribution in [3.63, 3.8) is 0 Å². The minimum Gasteiger partial charge on any atom is -0.481 e. The topological polar surface area (TPSA) is 78.9 Å². The van der Waals surface area contributed by atoms with Crippen LogP contribution in [0.1, 0.15) is 33.6 Å². The summed E-state index contributed by atoms with van der Waals surface area (Å²) in [6.07, 6.45) is 0.743. The number of fused-ring (bicyclic) bond motifs is 1. The summed E-state index contributed by atoms with van der Waals surface area (Å²) >= 11 is 0. The van der Waals surface area contributed by atoms with Crippen LogP contribution in [-0.4, -0.2) is 53.3 Å². The normalized spacial score (nSPS) is 30.9. The zero-order valence-corrected chi connectivity index (χ0v) is 11.7. The Morgan fingerprint density at radius 3 is 2.68 bits per heavy atom. The van der Waals surface area contributed by atoms with Gasteiger partial charge >= 0.3 is 12.1 Å². The molecule has 1 amide bonds. The highest BCUT2D eigenvalue weighted by atomic mass is 16.6. The highest BCUT2D eigenvalue weighted by Gasteiger charge is 2.56. The number of ether oxygens (including phenoxy) is 1. The van der Waals surface area contributed by atoms with Crippen molar-refractivity contribution < 1.29 is 19.4 Å². The summed E-state index contributed by atoms with van der Waals surface area (Å²) in [5.74, 6) is -0.823. The van der Waals surface area contributed by atoms with Gasteiger partial charge in [-0.2, -0.15) is 0 Å². The summed E-state index contributed by atoms with van der Waals surface area (Å²) in [7, 11) is 0. The predicted molar refractivity (Wildman–Crippen MR) is 68.9 cm³/mol. The van der Waals surface area contributed by atoms with Crippen LogP contribution in [0, 0.1) is 5.41 Å². The van der Waals surface area contributed by atoms with Crippen LogP contribution in [0.25, 0.3) is 0 Å². The van der Waals surface area contributed by atoms with Gasteiger partial charge in [0, 0.05) is 13.1 Å². The zero-order valence-electron chi connectivity index (χ0n) is 11.7. The molecule has 0 aromatic rings. The van der Waals surface area contributed by atoms with Crippen LogP contribution in [0.15, 0.2) is 0 Å². The van der Waals surface area contributed by atoms with E-state index in [4.69, 9.17) is 4.74 Å². The lowest BCUT2D eigenvalue weighted by molar-refractivity contribution is -0.151. The van der Waals surface area contributed by atoms with E-state index in [1.807, 2.05) is 20.8 Å². The maximum Gasteiger partial charge on any atom is 0.410 e. The lowest BCUT2D eigenvalue weighted by Gasteiger charge is -2.39. The lowest BCUT2D eigenvalue weighted by atomic mass is 9.76. The summed E-state index contributed by atoms with van der Waals surface area (Å²) in [4.78, 5) is 25.4. The molecule has 108 valence electrons. The molecule has 2 aliphatic heterocycles. The second kappa shape index (κ2) is 4.67. The molecule has 19 heavy (non-hydrogen) atoms. The summed E-state index contributed by atoms with van der Waals surface area (Å²) < 4.78 is 5.37. The molecule has 6 heteroatoms. The van der Waals surface area contributed by atoms with Crippen molar-refractivity contribution in [3.8, 4) is 0 Å². The maximum atomic E-state index is 12.2. The Bertz CT molecular complexity index is 391. The van der Waals surface area contributed by atoms with Gasteiger partial charge in [-0.1, -0.05) is 0 Å². The van der Waals surface area contributed by atoms with Gasteiger partial charge in [-0.15, -0.1) is 0 Å². The standard InChI is InChI=1S/C13H22N2O4/c1-12(2,3)19-11(18)15-7-5-13(10(16)17)8-14-6-4-9(13)15/h9,14H,4-8H2,1-3H3,(H,16,17)/t9-,13+/m1/s1. The van der Waals surface area contributed by atoms with E-state index in [2.05, 4.69) is 5.32 Å². The molecule has 2 saturated heterocycles. The molecular formula is C13H22N2O4. The molecule has 2 heterocycles. The van der Waals surface area contributed by atoms with E-state index in [1.54, 1.807) is 4.90 Å². The number of rotatable bonds is 1. The molecule has 0 bridgehead atoms. The molecule has 0 saturated carbocycles. The number of aliphatic carboxylic acids is 1. The van der Waals surface area contributed by atoms with Crippen LogP contribution in [0.5, 0.6) is 0 Å². The lowest BCUT2D eigenvalue weighted by Crippen LogP contribution is -2.56. The van der Waals surface area contributed by atoms with Crippen LogP contribution in [0.3, 0.4) is 0 Å². The van der Waals surface area contributed by atoms with Crippen molar-refractivity contribution in [3.05, 3.63) is 0 Å². The highest BCUT2D eigenvalue weighted by molar-refractivity contribution is 5.79. The first kappa shape index (κ1) is 14.1. The average molecular weight is 270 g/mol. The molecule has 0 radical (unpaired) electrons. The number of amides is 1. The van der Waals surface area contributed by atoms with Gasteiger partial charge in [-0.05, 0) is 40.2 Å². The smallest absolute Gasteiger partial charge is 0.410 e. The number of nitrogens with zero attached hydrogens (tertiary/aromatic N) is 1. The van der Waals surface area contributed by atoms with E-state index in [0.29, 0.717) is 25.9 Å². The molecule has 2 N–H and O–H groups in total. The molecule has 2 fully saturated rings. The monoisotopic (exact) mass is 270 g/mol. The molecule has 0 aromatic heterocycles. The first-order chi connectivity index (χ1) is 8.76. The third-order valence-corrected chi connectivity index (χ3v) is 3.90. The summed E-state index contributed by atoms with van der Waals surface area (Å²) in [5.41, 5.74) is -1.41. The molecule has 0 spiro atoms. The first-order valence-corrected chi connectivity index (χ1v) is 6.70. The Balaban J connectivity index is 2.17. The van der Waals surface area contributed by atoms with Gasteiger partial charge in [0.15, 0.2) is 0 Å². The summed E-state index contributed by atoms with van der Waals surface area (Å²) in [6.45, 7) is 7.05. The van der Waals surface area contributed by atoms with Crippen molar-refractivity contribution >= 4 is 12.1 Å². The fourth-order valence-electron chi connectivity index (χ4n) is 2.99. The summed E-state index contributed by atoms with van der Waals surface area (Å²) in [6, 6.07) is -0.263. The van der Waals surface area contributed by atoms with Crippen LogP contribution < -0.4 is 5.32 Å². The molecule has 2 atom stereocenters. The number of carboxylic acids is 1. The van der Waals surface area contributed by atoms with E-state index < -0.39 is 23.1 Å². The molecule has 0 unspecified atom stereocenters.